The van der Waals surface area contributed by atoms with Gasteiger partial charge in [0, 0.05) is 35.9 Å². The molecule has 1 aromatic rings. The molecule has 4 atom stereocenters. The summed E-state index contributed by atoms with van der Waals surface area (Å²) in [5.41, 5.74) is 0.198. The fraction of sp³-hybridized carbons (Fsp3) is 0.588. The summed E-state index contributed by atoms with van der Waals surface area (Å²) in [6.07, 6.45) is 6.39. The van der Waals surface area contributed by atoms with E-state index >= 15 is 0 Å². The molecule has 0 bridgehead atoms. The second-order valence-electron chi connectivity index (χ2n) is 6.31. The molecule has 2 aliphatic rings. The van der Waals surface area contributed by atoms with Gasteiger partial charge in [-0.25, -0.2) is 8.78 Å². The zero-order valence-electron chi connectivity index (χ0n) is 13.9. The minimum Gasteiger partial charge on any atom is -0.354 e. The molecule has 4 unspecified atom stereocenters. The predicted octanol–water partition coefficient (Wildman–Crippen LogP) is 3.89. The van der Waals surface area contributed by atoms with E-state index < -0.39 is 11.6 Å². The standard InChI is InChI=1S/C17H23F2N3S.HI/c1-20-17(21-10-6-7-11(8-10)23-2)22-15-9-12(15)16-13(18)4-3-5-14(16)19;/h3-5,10-12,15H,6-9H2,1-2H3,(H2,20,21,22);1H. The Morgan fingerprint density at radius 3 is 2.46 bits per heavy atom. The number of rotatable bonds is 4. The molecular formula is C17H24F2IN3S. The molecular weight excluding hydrogens is 443 g/mol. The maximum atomic E-state index is 13.8. The Bertz CT molecular complexity index is 579. The van der Waals surface area contributed by atoms with Crippen molar-refractivity contribution in [2.24, 2.45) is 4.99 Å². The van der Waals surface area contributed by atoms with Gasteiger partial charge in [0.2, 0.25) is 0 Å². The fourth-order valence-corrected chi connectivity index (χ4v) is 4.16. The van der Waals surface area contributed by atoms with Crippen molar-refractivity contribution < 1.29 is 8.78 Å². The van der Waals surface area contributed by atoms with Crippen LogP contribution in [-0.2, 0) is 0 Å². The van der Waals surface area contributed by atoms with Crippen LogP contribution in [0.25, 0.3) is 0 Å². The minimum atomic E-state index is -0.458. The van der Waals surface area contributed by atoms with E-state index in [2.05, 4.69) is 21.9 Å². The van der Waals surface area contributed by atoms with Crippen LogP contribution in [-0.4, -0.2) is 36.6 Å². The van der Waals surface area contributed by atoms with Gasteiger partial charge in [-0.1, -0.05) is 6.07 Å². The average molecular weight is 467 g/mol. The van der Waals surface area contributed by atoms with Gasteiger partial charge in [0.15, 0.2) is 5.96 Å². The lowest BCUT2D eigenvalue weighted by atomic mass is 10.1. The van der Waals surface area contributed by atoms with E-state index in [1.165, 1.54) is 24.6 Å². The first-order valence-corrected chi connectivity index (χ1v) is 9.37. The van der Waals surface area contributed by atoms with Crippen LogP contribution in [0.15, 0.2) is 23.2 Å². The quantitative estimate of drug-likeness (QED) is 0.401. The van der Waals surface area contributed by atoms with Gasteiger partial charge in [-0.05, 0) is 44.1 Å². The topological polar surface area (TPSA) is 36.4 Å². The molecule has 0 saturated heterocycles. The van der Waals surface area contributed by atoms with E-state index in [-0.39, 0.29) is 41.5 Å². The average Bonchev–Trinajstić information content (AvgIpc) is 3.12. The van der Waals surface area contributed by atoms with Gasteiger partial charge in [-0.15, -0.1) is 24.0 Å². The van der Waals surface area contributed by atoms with Gasteiger partial charge in [-0.3, -0.25) is 4.99 Å². The highest BCUT2D eigenvalue weighted by Gasteiger charge is 2.42. The van der Waals surface area contributed by atoms with Gasteiger partial charge in [0.05, 0.1) is 0 Å². The van der Waals surface area contributed by atoms with Crippen LogP contribution in [0.4, 0.5) is 8.78 Å². The number of halogens is 3. The second kappa shape index (κ2) is 8.69. The third kappa shape index (κ3) is 4.53. The Kier molecular flexibility index (Phi) is 7.15. The van der Waals surface area contributed by atoms with Crippen molar-refractivity contribution in [1.82, 2.24) is 10.6 Å². The molecule has 0 aromatic heterocycles. The van der Waals surface area contributed by atoms with Gasteiger partial charge in [0.1, 0.15) is 11.6 Å². The largest absolute Gasteiger partial charge is 0.354 e. The Morgan fingerprint density at radius 1 is 1.17 bits per heavy atom. The van der Waals surface area contributed by atoms with E-state index in [4.69, 9.17) is 0 Å². The van der Waals surface area contributed by atoms with E-state index in [1.54, 1.807) is 7.05 Å². The molecule has 0 spiro atoms. The number of hydrogen-bond donors (Lipinski definition) is 2. The lowest BCUT2D eigenvalue weighted by Gasteiger charge is -2.17. The van der Waals surface area contributed by atoms with Crippen LogP contribution in [0.3, 0.4) is 0 Å². The summed E-state index contributed by atoms with van der Waals surface area (Å²) in [6.45, 7) is 0. The molecule has 1 aromatic carbocycles. The summed E-state index contributed by atoms with van der Waals surface area (Å²) < 4.78 is 27.7. The maximum Gasteiger partial charge on any atom is 0.191 e. The number of nitrogens with zero attached hydrogens (tertiary/aromatic N) is 1. The lowest BCUT2D eigenvalue weighted by Crippen LogP contribution is -2.43. The Morgan fingerprint density at radius 2 is 1.88 bits per heavy atom. The first kappa shape index (κ1) is 19.8. The van der Waals surface area contributed by atoms with Crippen molar-refractivity contribution in [3.05, 3.63) is 35.4 Å². The molecule has 0 amide bonds. The van der Waals surface area contributed by atoms with E-state index in [0.29, 0.717) is 11.3 Å². The van der Waals surface area contributed by atoms with E-state index in [1.807, 2.05) is 11.8 Å². The number of aliphatic imine (C=N–C) groups is 1. The van der Waals surface area contributed by atoms with Crippen molar-refractivity contribution in [3.63, 3.8) is 0 Å². The maximum absolute atomic E-state index is 13.8. The number of nitrogens with one attached hydrogen (secondary N) is 2. The minimum absolute atomic E-state index is 0. The van der Waals surface area contributed by atoms with E-state index in [9.17, 15) is 8.78 Å². The van der Waals surface area contributed by atoms with E-state index in [0.717, 1.165) is 25.2 Å². The summed E-state index contributed by atoms with van der Waals surface area (Å²) in [4.78, 5) is 4.26. The van der Waals surface area contributed by atoms with Crippen molar-refractivity contribution in [2.45, 2.75) is 48.9 Å². The molecule has 0 aliphatic heterocycles. The lowest BCUT2D eigenvalue weighted by molar-refractivity contribution is 0.552. The van der Waals surface area contributed by atoms with Crippen LogP contribution >= 0.6 is 35.7 Å². The third-order valence-electron chi connectivity index (χ3n) is 4.77. The molecule has 2 saturated carbocycles. The number of hydrogen-bond acceptors (Lipinski definition) is 2. The Hall–Kier alpha value is -0.570. The molecule has 2 aliphatic carbocycles. The van der Waals surface area contributed by atoms with Crippen LogP contribution in [0, 0.1) is 11.6 Å². The highest BCUT2D eigenvalue weighted by atomic mass is 127. The summed E-state index contributed by atoms with van der Waals surface area (Å²) in [6, 6.07) is 4.53. The molecule has 24 heavy (non-hydrogen) atoms. The first-order chi connectivity index (χ1) is 11.1. The zero-order chi connectivity index (χ0) is 16.4. The molecule has 134 valence electrons. The second-order valence-corrected chi connectivity index (χ2v) is 7.45. The van der Waals surface area contributed by atoms with Crippen molar-refractivity contribution in [2.75, 3.05) is 13.3 Å². The predicted molar refractivity (Wildman–Crippen MR) is 107 cm³/mol. The van der Waals surface area contributed by atoms with Crippen LogP contribution in [0.1, 0.15) is 37.2 Å². The van der Waals surface area contributed by atoms with Gasteiger partial charge < -0.3 is 10.6 Å². The monoisotopic (exact) mass is 467 g/mol. The van der Waals surface area contributed by atoms with Crippen LogP contribution in [0.5, 0.6) is 0 Å². The van der Waals surface area contributed by atoms with Crippen molar-refractivity contribution in [3.8, 4) is 0 Å². The number of benzene rings is 1. The summed E-state index contributed by atoms with van der Waals surface area (Å²) in [5.74, 6) is -0.292. The normalized spacial score (nSPS) is 29.1. The molecule has 3 nitrogen and oxygen atoms in total. The zero-order valence-corrected chi connectivity index (χ0v) is 17.0. The van der Waals surface area contributed by atoms with Crippen molar-refractivity contribution >= 4 is 41.7 Å². The molecule has 0 heterocycles. The molecule has 2 N–H and O–H groups in total. The fourth-order valence-electron chi connectivity index (χ4n) is 3.36. The Labute approximate surface area is 163 Å². The number of thioether (sulfide) groups is 1. The third-order valence-corrected chi connectivity index (χ3v) is 5.86. The van der Waals surface area contributed by atoms with Gasteiger partial charge in [-0.2, -0.15) is 11.8 Å². The smallest absolute Gasteiger partial charge is 0.191 e. The van der Waals surface area contributed by atoms with Crippen LogP contribution < -0.4 is 10.6 Å². The SMILES string of the molecule is CN=C(NC1CCC(SC)C1)NC1CC1c1c(F)cccc1F.I. The molecule has 2 fully saturated rings. The molecule has 3 rings (SSSR count). The van der Waals surface area contributed by atoms with Gasteiger partial charge in [0.25, 0.3) is 0 Å². The first-order valence-electron chi connectivity index (χ1n) is 8.09. The molecule has 0 radical (unpaired) electrons. The highest BCUT2D eigenvalue weighted by Crippen LogP contribution is 2.43. The number of guanidine groups is 1. The Balaban J connectivity index is 0.00000208. The summed E-state index contributed by atoms with van der Waals surface area (Å²) in [7, 11) is 1.73. The van der Waals surface area contributed by atoms with Crippen molar-refractivity contribution in [1.29, 1.82) is 0 Å². The van der Waals surface area contributed by atoms with Crippen LogP contribution in [0.2, 0.25) is 0 Å². The highest BCUT2D eigenvalue weighted by molar-refractivity contribution is 14.0. The van der Waals surface area contributed by atoms with Gasteiger partial charge >= 0.3 is 0 Å². The molecule has 7 heteroatoms. The summed E-state index contributed by atoms with van der Waals surface area (Å²) >= 11 is 1.91. The summed E-state index contributed by atoms with van der Waals surface area (Å²) in [5, 5.41) is 7.46.